The van der Waals surface area contributed by atoms with E-state index in [1.807, 2.05) is 18.2 Å². The third kappa shape index (κ3) is 1.16. The van der Waals surface area contributed by atoms with Crippen LogP contribution in [0.15, 0.2) is 18.2 Å². The summed E-state index contributed by atoms with van der Waals surface area (Å²) in [7, 11) is 0. The Balaban J connectivity index is 2.09. The van der Waals surface area contributed by atoms with E-state index in [-0.39, 0.29) is 0 Å². The summed E-state index contributed by atoms with van der Waals surface area (Å²) >= 11 is 0. The molecule has 1 aromatic carbocycles. The lowest BCUT2D eigenvalue weighted by molar-refractivity contribution is -0.107. The van der Waals surface area contributed by atoms with Crippen molar-refractivity contribution in [2.45, 2.75) is 13.0 Å². The second-order valence-corrected chi connectivity index (χ2v) is 3.52. The zero-order valence-electron chi connectivity index (χ0n) is 7.92. The van der Waals surface area contributed by atoms with Crippen molar-refractivity contribution in [3.63, 3.8) is 0 Å². The highest BCUT2D eigenvalue weighted by atomic mass is 16.1. The summed E-state index contributed by atoms with van der Waals surface area (Å²) in [4.78, 5) is 10.4. The van der Waals surface area contributed by atoms with Crippen molar-refractivity contribution in [3.8, 4) is 11.4 Å². The first kappa shape index (κ1) is 8.28. The molecule has 5 nitrogen and oxygen atoms in total. The molecule has 0 fully saturated rings. The molecule has 0 unspecified atom stereocenters. The van der Waals surface area contributed by atoms with Crippen LogP contribution in [-0.4, -0.2) is 26.5 Å². The highest BCUT2D eigenvalue weighted by Crippen LogP contribution is 2.29. The Morgan fingerprint density at radius 1 is 1.47 bits per heavy atom. The third-order valence-corrected chi connectivity index (χ3v) is 2.58. The van der Waals surface area contributed by atoms with E-state index in [0.717, 1.165) is 28.8 Å². The maximum absolute atomic E-state index is 10.4. The van der Waals surface area contributed by atoms with Crippen LogP contribution in [0.25, 0.3) is 11.4 Å². The summed E-state index contributed by atoms with van der Waals surface area (Å²) in [6, 6.07) is 5.95. The van der Waals surface area contributed by atoms with Gasteiger partial charge in [0.2, 0.25) is 0 Å². The molecule has 5 heteroatoms. The van der Waals surface area contributed by atoms with Crippen molar-refractivity contribution < 1.29 is 4.79 Å². The Bertz CT molecular complexity index is 532. The maximum Gasteiger partial charge on any atom is 0.182 e. The number of carbonyl (C=O) groups is 1. The van der Waals surface area contributed by atoms with Gasteiger partial charge in [-0.1, -0.05) is 18.2 Å². The number of carbonyl (C=O) groups excluding carboxylic acids is 1. The number of hydrogen-bond donors (Lipinski definition) is 0. The fourth-order valence-corrected chi connectivity index (χ4v) is 1.88. The number of aromatic nitrogens is 4. The topological polar surface area (TPSA) is 60.7 Å². The third-order valence-electron chi connectivity index (χ3n) is 2.58. The number of aldehydes is 1. The molecule has 74 valence electrons. The average Bonchev–Trinajstić information content (AvgIpc) is 2.77. The Morgan fingerprint density at radius 2 is 2.40 bits per heavy atom. The van der Waals surface area contributed by atoms with Crippen LogP contribution >= 0.6 is 0 Å². The van der Waals surface area contributed by atoms with Gasteiger partial charge in [0.15, 0.2) is 5.82 Å². The largest absolute Gasteiger partial charge is 0.303 e. The summed E-state index contributed by atoms with van der Waals surface area (Å²) in [6.07, 6.45) is 1.37. The molecular weight excluding hydrogens is 192 g/mol. The van der Waals surface area contributed by atoms with Gasteiger partial charge in [-0.2, -0.15) is 0 Å². The van der Waals surface area contributed by atoms with Crippen molar-refractivity contribution >= 4 is 6.29 Å². The van der Waals surface area contributed by atoms with Gasteiger partial charge < -0.3 is 4.79 Å². The molecule has 0 atom stereocenters. The first-order valence-electron chi connectivity index (χ1n) is 4.70. The molecule has 0 saturated heterocycles. The molecule has 0 saturated carbocycles. The van der Waals surface area contributed by atoms with Gasteiger partial charge in [-0.05, 0) is 21.6 Å². The van der Waals surface area contributed by atoms with Crippen LogP contribution in [0.2, 0.25) is 0 Å². The minimum absolute atomic E-state index is 0.460. The molecule has 1 aliphatic rings. The minimum atomic E-state index is 0.460. The molecule has 2 heterocycles. The Hall–Kier alpha value is -2.04. The molecule has 3 rings (SSSR count). The molecular formula is C10H8N4O. The van der Waals surface area contributed by atoms with Gasteiger partial charge in [-0.3, -0.25) is 0 Å². The number of nitrogens with zero attached hydrogens (tertiary/aromatic N) is 4. The van der Waals surface area contributed by atoms with Gasteiger partial charge >= 0.3 is 0 Å². The van der Waals surface area contributed by atoms with E-state index < -0.39 is 0 Å². The van der Waals surface area contributed by atoms with Gasteiger partial charge in [0.1, 0.15) is 6.29 Å². The average molecular weight is 200 g/mol. The monoisotopic (exact) mass is 200 g/mol. The van der Waals surface area contributed by atoms with E-state index in [4.69, 9.17) is 0 Å². The van der Waals surface area contributed by atoms with Crippen molar-refractivity contribution in [2.24, 2.45) is 0 Å². The summed E-state index contributed by atoms with van der Waals surface area (Å²) in [5, 5.41) is 11.4. The maximum atomic E-state index is 10.4. The summed E-state index contributed by atoms with van der Waals surface area (Å²) in [5.41, 5.74) is 3.25. The van der Waals surface area contributed by atoms with E-state index in [9.17, 15) is 4.79 Å². The Kier molecular flexibility index (Phi) is 1.65. The molecule has 0 aliphatic carbocycles. The van der Waals surface area contributed by atoms with Crippen LogP contribution in [0.3, 0.4) is 0 Å². The fourth-order valence-electron chi connectivity index (χ4n) is 1.88. The number of hydrogen-bond acceptors (Lipinski definition) is 4. The Labute approximate surface area is 85.7 Å². The van der Waals surface area contributed by atoms with E-state index >= 15 is 0 Å². The quantitative estimate of drug-likeness (QED) is 0.563. The van der Waals surface area contributed by atoms with E-state index in [1.165, 1.54) is 0 Å². The fraction of sp³-hybridized carbons (Fsp3) is 0.200. The smallest absolute Gasteiger partial charge is 0.182 e. The first-order chi connectivity index (χ1) is 7.38. The van der Waals surface area contributed by atoms with Gasteiger partial charge in [-0.15, -0.1) is 5.10 Å². The second-order valence-electron chi connectivity index (χ2n) is 3.52. The van der Waals surface area contributed by atoms with Crippen LogP contribution in [0.5, 0.6) is 0 Å². The number of benzene rings is 1. The lowest BCUT2D eigenvalue weighted by Gasteiger charge is -1.99. The van der Waals surface area contributed by atoms with E-state index in [1.54, 1.807) is 4.68 Å². The van der Waals surface area contributed by atoms with Gasteiger partial charge in [0, 0.05) is 12.0 Å². The number of tetrazole rings is 1. The van der Waals surface area contributed by atoms with Crippen molar-refractivity contribution in [1.82, 2.24) is 20.2 Å². The number of rotatable bonds is 2. The van der Waals surface area contributed by atoms with Gasteiger partial charge in [0.05, 0.1) is 6.54 Å². The molecule has 1 aliphatic heterocycles. The second kappa shape index (κ2) is 2.98. The molecule has 15 heavy (non-hydrogen) atoms. The zero-order valence-corrected chi connectivity index (χ0v) is 7.92. The lowest BCUT2D eigenvalue weighted by atomic mass is 10.0. The molecule has 2 aromatic rings. The van der Waals surface area contributed by atoms with E-state index in [0.29, 0.717) is 13.0 Å². The van der Waals surface area contributed by atoms with Crippen molar-refractivity contribution in [1.29, 1.82) is 0 Å². The molecule has 0 amide bonds. The summed E-state index contributed by atoms with van der Waals surface area (Å²) < 4.78 is 1.76. The lowest BCUT2D eigenvalue weighted by Crippen LogP contribution is -1.96. The van der Waals surface area contributed by atoms with Crippen LogP contribution in [-0.2, 0) is 17.8 Å². The van der Waals surface area contributed by atoms with Crippen LogP contribution in [0.1, 0.15) is 11.1 Å². The van der Waals surface area contributed by atoms with Crippen molar-refractivity contribution in [3.05, 3.63) is 29.3 Å². The standard InChI is InChI=1S/C10H8N4O/c15-4-3-7-1-2-9-8(5-7)6-14-10(9)11-12-13-14/h1-2,4-5H,3,6H2. The number of fused-ring (bicyclic) bond motifs is 3. The van der Waals surface area contributed by atoms with Gasteiger partial charge in [0.25, 0.3) is 0 Å². The van der Waals surface area contributed by atoms with Crippen LogP contribution < -0.4 is 0 Å². The predicted molar refractivity (Wildman–Crippen MR) is 52.1 cm³/mol. The first-order valence-corrected chi connectivity index (χ1v) is 4.70. The highest BCUT2D eigenvalue weighted by Gasteiger charge is 2.20. The molecule has 0 bridgehead atoms. The van der Waals surface area contributed by atoms with Gasteiger partial charge in [-0.25, -0.2) is 4.68 Å². The summed E-state index contributed by atoms with van der Waals surface area (Å²) in [5.74, 6) is 0.808. The highest BCUT2D eigenvalue weighted by molar-refractivity contribution is 5.65. The molecule has 0 N–H and O–H groups in total. The summed E-state index contributed by atoms with van der Waals surface area (Å²) in [6.45, 7) is 0.699. The zero-order chi connectivity index (χ0) is 10.3. The van der Waals surface area contributed by atoms with Crippen LogP contribution in [0.4, 0.5) is 0 Å². The SMILES string of the molecule is O=CCc1ccc2c(c1)Cn1nnnc1-2. The normalized spacial score (nSPS) is 12.3. The van der Waals surface area contributed by atoms with Crippen molar-refractivity contribution in [2.75, 3.05) is 0 Å². The molecule has 0 radical (unpaired) electrons. The molecule has 1 aromatic heterocycles. The Morgan fingerprint density at radius 3 is 3.27 bits per heavy atom. The molecule has 0 spiro atoms. The minimum Gasteiger partial charge on any atom is -0.303 e. The van der Waals surface area contributed by atoms with E-state index in [2.05, 4.69) is 15.5 Å². The predicted octanol–water partition coefficient (Wildman–Crippen LogP) is 0.443. The van der Waals surface area contributed by atoms with Crippen LogP contribution in [0, 0.1) is 0 Å².